The van der Waals surface area contributed by atoms with Crippen LogP contribution in [0.5, 0.6) is 0 Å². The van der Waals surface area contributed by atoms with Crippen LogP contribution in [0.25, 0.3) is 0 Å². The van der Waals surface area contributed by atoms with Crippen molar-refractivity contribution in [3.63, 3.8) is 0 Å². The topological polar surface area (TPSA) is 46.1 Å². The van der Waals surface area contributed by atoms with Crippen molar-refractivity contribution in [3.8, 4) is 0 Å². The van der Waals surface area contributed by atoms with Crippen molar-refractivity contribution in [2.75, 3.05) is 53.1 Å². The number of ether oxygens (including phenoxy) is 2. The third-order valence-electron chi connectivity index (χ3n) is 6.25. The van der Waals surface area contributed by atoms with Gasteiger partial charge in [0.15, 0.2) is 5.96 Å². The molecule has 30 heavy (non-hydrogen) atoms. The summed E-state index contributed by atoms with van der Waals surface area (Å²) in [4.78, 5) is 7.53. The van der Waals surface area contributed by atoms with E-state index in [2.05, 4.69) is 29.3 Å². The van der Waals surface area contributed by atoms with Crippen LogP contribution in [0, 0.1) is 5.92 Å². The lowest BCUT2D eigenvalue weighted by Gasteiger charge is -2.29. The number of benzene rings is 1. The van der Waals surface area contributed by atoms with Gasteiger partial charge in [-0.05, 0) is 43.9 Å². The van der Waals surface area contributed by atoms with E-state index in [0.717, 1.165) is 50.2 Å². The number of nitrogens with zero attached hydrogens (tertiary/aromatic N) is 2. The Balaban J connectivity index is 0.00000320. The molecule has 1 unspecified atom stereocenters. The van der Waals surface area contributed by atoms with Gasteiger partial charge in [-0.25, -0.2) is 0 Å². The Bertz CT molecular complexity index is 650. The molecule has 1 saturated heterocycles. The van der Waals surface area contributed by atoms with Crippen LogP contribution >= 0.6 is 35.6 Å². The zero-order chi connectivity index (χ0) is 20.5. The molecular formula is C23H37ClIN3O2. The van der Waals surface area contributed by atoms with Gasteiger partial charge in [-0.2, -0.15) is 0 Å². The lowest BCUT2D eigenvalue weighted by atomic mass is 9.79. The number of guanidine groups is 1. The van der Waals surface area contributed by atoms with Crippen LogP contribution in [0.3, 0.4) is 0 Å². The van der Waals surface area contributed by atoms with Gasteiger partial charge in [0.1, 0.15) is 0 Å². The maximum Gasteiger partial charge on any atom is 0.193 e. The second kappa shape index (κ2) is 13.1. The summed E-state index contributed by atoms with van der Waals surface area (Å²) in [6, 6.07) is 8.42. The summed E-state index contributed by atoms with van der Waals surface area (Å²) in [7, 11) is 1.71. The van der Waals surface area contributed by atoms with E-state index in [1.807, 2.05) is 12.1 Å². The van der Waals surface area contributed by atoms with Crippen molar-refractivity contribution in [2.24, 2.45) is 10.9 Å². The Hall–Kier alpha value is -0.570. The van der Waals surface area contributed by atoms with Crippen LogP contribution < -0.4 is 5.32 Å². The predicted octanol–water partition coefficient (Wildman–Crippen LogP) is 4.72. The highest BCUT2D eigenvalue weighted by Crippen LogP contribution is 2.41. The van der Waals surface area contributed by atoms with E-state index in [9.17, 15) is 0 Å². The lowest BCUT2D eigenvalue weighted by molar-refractivity contribution is 0.0536. The molecule has 1 N–H and O–H groups in total. The van der Waals surface area contributed by atoms with E-state index in [-0.39, 0.29) is 29.4 Å². The van der Waals surface area contributed by atoms with Gasteiger partial charge in [0, 0.05) is 43.1 Å². The molecule has 7 heteroatoms. The zero-order valence-corrected chi connectivity index (χ0v) is 21.5. The van der Waals surface area contributed by atoms with Gasteiger partial charge < -0.3 is 19.7 Å². The highest BCUT2D eigenvalue weighted by Gasteiger charge is 2.36. The van der Waals surface area contributed by atoms with E-state index >= 15 is 0 Å². The number of likely N-dealkylation sites (tertiary alicyclic amines) is 1. The Morgan fingerprint density at radius 1 is 1.23 bits per heavy atom. The van der Waals surface area contributed by atoms with Crippen molar-refractivity contribution in [2.45, 2.75) is 44.4 Å². The first-order valence-corrected chi connectivity index (χ1v) is 11.4. The fourth-order valence-corrected chi connectivity index (χ4v) is 4.72. The highest BCUT2D eigenvalue weighted by atomic mass is 127. The maximum absolute atomic E-state index is 6.12. The molecule has 2 fully saturated rings. The summed E-state index contributed by atoms with van der Waals surface area (Å²) in [5, 5.41) is 4.32. The standard InChI is InChI=1S/C23H36ClN3O2.HI/c1-3-25-22(27-13-10-19(16-27)17-29-15-14-28-2)26-18-23(11-4-5-12-23)20-6-8-21(24)9-7-20;/h6-9,19H,3-5,10-18H2,1-2H3,(H,25,26);1H. The number of aliphatic imine (C=N–C) groups is 1. The molecule has 0 bridgehead atoms. The molecule has 1 aromatic rings. The number of halogens is 2. The molecule has 1 aliphatic heterocycles. The van der Waals surface area contributed by atoms with E-state index in [1.54, 1.807) is 7.11 Å². The summed E-state index contributed by atoms with van der Waals surface area (Å²) >= 11 is 6.12. The molecule has 1 aromatic carbocycles. The monoisotopic (exact) mass is 549 g/mol. The molecular weight excluding hydrogens is 513 g/mol. The second-order valence-corrected chi connectivity index (χ2v) is 8.77. The van der Waals surface area contributed by atoms with Crippen molar-refractivity contribution >= 4 is 41.5 Å². The fraction of sp³-hybridized carbons (Fsp3) is 0.696. The van der Waals surface area contributed by atoms with Crippen molar-refractivity contribution < 1.29 is 9.47 Å². The number of rotatable bonds is 9. The van der Waals surface area contributed by atoms with E-state index in [0.29, 0.717) is 19.1 Å². The summed E-state index contributed by atoms with van der Waals surface area (Å²) in [6.45, 7) is 8.04. The predicted molar refractivity (Wildman–Crippen MR) is 135 cm³/mol. The van der Waals surface area contributed by atoms with Gasteiger partial charge in [-0.1, -0.05) is 36.6 Å². The largest absolute Gasteiger partial charge is 0.382 e. The highest BCUT2D eigenvalue weighted by molar-refractivity contribution is 14.0. The summed E-state index contributed by atoms with van der Waals surface area (Å²) < 4.78 is 10.8. The third-order valence-corrected chi connectivity index (χ3v) is 6.51. The Morgan fingerprint density at radius 2 is 1.97 bits per heavy atom. The number of nitrogens with one attached hydrogen (secondary N) is 1. The third kappa shape index (κ3) is 6.97. The van der Waals surface area contributed by atoms with Gasteiger partial charge in [-0.3, -0.25) is 4.99 Å². The Labute approximate surface area is 204 Å². The normalized spacial score (nSPS) is 21.0. The van der Waals surface area contributed by atoms with Crippen molar-refractivity contribution in [3.05, 3.63) is 34.9 Å². The van der Waals surface area contributed by atoms with Crippen LogP contribution in [0.1, 0.15) is 44.6 Å². The first-order chi connectivity index (χ1) is 14.2. The van der Waals surface area contributed by atoms with Gasteiger partial charge >= 0.3 is 0 Å². The second-order valence-electron chi connectivity index (χ2n) is 8.33. The van der Waals surface area contributed by atoms with E-state index < -0.39 is 0 Å². The molecule has 1 aliphatic carbocycles. The molecule has 0 radical (unpaired) electrons. The fourth-order valence-electron chi connectivity index (χ4n) is 4.60. The van der Waals surface area contributed by atoms with Crippen molar-refractivity contribution in [1.82, 2.24) is 10.2 Å². The van der Waals surface area contributed by atoms with Gasteiger partial charge in [0.2, 0.25) is 0 Å². The molecule has 0 spiro atoms. The summed E-state index contributed by atoms with van der Waals surface area (Å²) in [5.41, 5.74) is 1.53. The summed E-state index contributed by atoms with van der Waals surface area (Å²) in [6.07, 6.45) is 6.11. The number of methoxy groups -OCH3 is 1. The van der Waals surface area contributed by atoms with Crippen LogP contribution in [-0.2, 0) is 14.9 Å². The van der Waals surface area contributed by atoms with Crippen LogP contribution in [0.4, 0.5) is 0 Å². The van der Waals surface area contributed by atoms with Crippen LogP contribution in [0.15, 0.2) is 29.3 Å². The number of hydrogen-bond acceptors (Lipinski definition) is 3. The minimum absolute atomic E-state index is 0. The average Bonchev–Trinajstić information content (AvgIpc) is 3.40. The minimum Gasteiger partial charge on any atom is -0.382 e. The molecule has 170 valence electrons. The van der Waals surface area contributed by atoms with Crippen LogP contribution in [0.2, 0.25) is 5.02 Å². The summed E-state index contributed by atoms with van der Waals surface area (Å²) in [5.74, 6) is 1.61. The number of hydrogen-bond donors (Lipinski definition) is 1. The average molecular weight is 550 g/mol. The quantitative estimate of drug-likeness (QED) is 0.210. The van der Waals surface area contributed by atoms with Gasteiger partial charge in [-0.15, -0.1) is 24.0 Å². The molecule has 0 aromatic heterocycles. The Kier molecular flexibility index (Phi) is 11.2. The van der Waals surface area contributed by atoms with Crippen molar-refractivity contribution in [1.29, 1.82) is 0 Å². The SMILES string of the molecule is CCNC(=NCC1(c2ccc(Cl)cc2)CCCC1)N1CCC(COCCOC)C1.I. The first-order valence-electron chi connectivity index (χ1n) is 11.0. The van der Waals surface area contributed by atoms with E-state index in [1.165, 1.54) is 31.2 Å². The lowest BCUT2D eigenvalue weighted by Crippen LogP contribution is -2.41. The molecule has 0 amide bonds. The molecule has 2 aliphatic rings. The molecule has 1 saturated carbocycles. The first kappa shape index (κ1) is 25.7. The van der Waals surface area contributed by atoms with Crippen LogP contribution in [-0.4, -0.2) is 64.0 Å². The molecule has 5 nitrogen and oxygen atoms in total. The minimum atomic E-state index is 0. The zero-order valence-electron chi connectivity index (χ0n) is 18.4. The maximum atomic E-state index is 6.12. The molecule has 1 heterocycles. The molecule has 3 rings (SSSR count). The molecule has 1 atom stereocenters. The Morgan fingerprint density at radius 3 is 2.63 bits per heavy atom. The smallest absolute Gasteiger partial charge is 0.193 e. The van der Waals surface area contributed by atoms with E-state index in [4.69, 9.17) is 26.1 Å². The van der Waals surface area contributed by atoms with Gasteiger partial charge in [0.05, 0.1) is 26.4 Å². The van der Waals surface area contributed by atoms with Gasteiger partial charge in [0.25, 0.3) is 0 Å².